The van der Waals surface area contributed by atoms with Crippen molar-refractivity contribution in [2.75, 3.05) is 5.73 Å². The molecule has 3 heteroatoms. The van der Waals surface area contributed by atoms with Crippen molar-refractivity contribution in [2.24, 2.45) is 0 Å². The van der Waals surface area contributed by atoms with E-state index in [0.717, 1.165) is 23.3 Å². The molecule has 0 atom stereocenters. The molecule has 0 unspecified atom stereocenters. The third-order valence-electron chi connectivity index (χ3n) is 2.43. The highest BCUT2D eigenvalue weighted by molar-refractivity contribution is 5.55. The van der Waals surface area contributed by atoms with Crippen molar-refractivity contribution in [1.29, 1.82) is 0 Å². The zero-order valence-corrected chi connectivity index (χ0v) is 8.50. The standard InChI is InChI=1S/C11H15NO2/c1-11(2)5-7-3-9(12)4-8(6-13)10(7)14-11/h3-4,13H,5-6,12H2,1-2H3. The van der Waals surface area contributed by atoms with Crippen LogP contribution in [0, 0.1) is 0 Å². The summed E-state index contributed by atoms with van der Waals surface area (Å²) in [5, 5.41) is 9.16. The highest BCUT2D eigenvalue weighted by Crippen LogP contribution is 2.39. The number of fused-ring (bicyclic) bond motifs is 1. The van der Waals surface area contributed by atoms with Crippen LogP contribution in [0.5, 0.6) is 5.75 Å². The zero-order valence-electron chi connectivity index (χ0n) is 8.50. The highest BCUT2D eigenvalue weighted by Gasteiger charge is 2.31. The first-order chi connectivity index (χ1) is 6.52. The second-order valence-electron chi connectivity index (χ2n) is 4.36. The molecule has 0 fully saturated rings. The lowest BCUT2D eigenvalue weighted by atomic mass is 10.00. The Balaban J connectivity index is 2.50. The molecule has 0 bridgehead atoms. The molecule has 0 amide bonds. The molecule has 3 N–H and O–H groups in total. The first kappa shape index (κ1) is 9.34. The van der Waals surface area contributed by atoms with E-state index in [1.54, 1.807) is 6.07 Å². The van der Waals surface area contributed by atoms with Gasteiger partial charge in [0, 0.05) is 23.2 Å². The van der Waals surface area contributed by atoms with Crippen molar-refractivity contribution in [3.63, 3.8) is 0 Å². The molecule has 1 aromatic rings. The number of nitrogens with two attached hydrogens (primary N) is 1. The van der Waals surface area contributed by atoms with Gasteiger partial charge in [-0.25, -0.2) is 0 Å². The molecule has 1 aromatic carbocycles. The highest BCUT2D eigenvalue weighted by atomic mass is 16.5. The third kappa shape index (κ3) is 1.44. The Morgan fingerprint density at radius 3 is 2.86 bits per heavy atom. The molecule has 76 valence electrons. The quantitative estimate of drug-likeness (QED) is 0.664. The van der Waals surface area contributed by atoms with Crippen LogP contribution in [-0.4, -0.2) is 10.7 Å². The summed E-state index contributed by atoms with van der Waals surface area (Å²) in [7, 11) is 0. The second kappa shape index (κ2) is 2.89. The lowest BCUT2D eigenvalue weighted by Crippen LogP contribution is -2.24. The predicted molar refractivity (Wildman–Crippen MR) is 55.2 cm³/mol. The van der Waals surface area contributed by atoms with E-state index in [9.17, 15) is 0 Å². The Kier molecular flexibility index (Phi) is 1.93. The number of aliphatic hydroxyl groups is 1. The number of aliphatic hydroxyl groups excluding tert-OH is 1. The fraction of sp³-hybridized carbons (Fsp3) is 0.455. The van der Waals surface area contributed by atoms with E-state index in [1.165, 1.54) is 0 Å². The van der Waals surface area contributed by atoms with Crippen LogP contribution in [0.2, 0.25) is 0 Å². The van der Waals surface area contributed by atoms with Crippen molar-refractivity contribution in [3.05, 3.63) is 23.3 Å². The molecule has 1 aliphatic heterocycles. The van der Waals surface area contributed by atoms with Crippen molar-refractivity contribution >= 4 is 5.69 Å². The van der Waals surface area contributed by atoms with Crippen LogP contribution in [0.3, 0.4) is 0 Å². The Bertz CT molecular complexity index is 372. The molecule has 0 radical (unpaired) electrons. The van der Waals surface area contributed by atoms with Gasteiger partial charge in [-0.2, -0.15) is 0 Å². The van der Waals surface area contributed by atoms with Crippen LogP contribution >= 0.6 is 0 Å². The minimum Gasteiger partial charge on any atom is -0.487 e. The van der Waals surface area contributed by atoms with Gasteiger partial charge in [0.05, 0.1) is 6.61 Å². The summed E-state index contributed by atoms with van der Waals surface area (Å²) < 4.78 is 5.76. The lowest BCUT2D eigenvalue weighted by molar-refractivity contribution is 0.134. The normalized spacial score (nSPS) is 17.6. The molecule has 1 heterocycles. The number of nitrogen functional groups attached to an aromatic ring is 1. The number of hydrogen-bond donors (Lipinski definition) is 2. The number of hydrogen-bond acceptors (Lipinski definition) is 3. The summed E-state index contributed by atoms with van der Waals surface area (Å²) >= 11 is 0. The summed E-state index contributed by atoms with van der Waals surface area (Å²) in [5.41, 5.74) is 8.12. The molecule has 0 aromatic heterocycles. The van der Waals surface area contributed by atoms with E-state index < -0.39 is 0 Å². The molecule has 0 spiro atoms. The van der Waals surface area contributed by atoms with Crippen LogP contribution in [0.4, 0.5) is 5.69 Å². The van der Waals surface area contributed by atoms with Gasteiger partial charge < -0.3 is 15.6 Å². The minimum atomic E-state index is -0.181. The SMILES string of the molecule is CC1(C)Cc2cc(N)cc(CO)c2O1. The van der Waals surface area contributed by atoms with E-state index >= 15 is 0 Å². The van der Waals surface area contributed by atoms with Crippen molar-refractivity contribution < 1.29 is 9.84 Å². The predicted octanol–water partition coefficient (Wildman–Crippen LogP) is 1.47. The van der Waals surface area contributed by atoms with E-state index in [0.29, 0.717) is 5.69 Å². The number of rotatable bonds is 1. The monoisotopic (exact) mass is 193 g/mol. The number of ether oxygens (including phenoxy) is 1. The fourth-order valence-corrected chi connectivity index (χ4v) is 1.93. The average Bonchev–Trinajstić information content (AvgIpc) is 2.37. The molecule has 14 heavy (non-hydrogen) atoms. The summed E-state index contributed by atoms with van der Waals surface area (Å²) in [4.78, 5) is 0. The first-order valence-corrected chi connectivity index (χ1v) is 4.73. The lowest BCUT2D eigenvalue weighted by Gasteiger charge is -2.17. The van der Waals surface area contributed by atoms with Crippen LogP contribution in [-0.2, 0) is 13.0 Å². The molecule has 2 rings (SSSR count). The maximum Gasteiger partial charge on any atom is 0.129 e. The van der Waals surface area contributed by atoms with Gasteiger partial charge in [0.15, 0.2) is 0 Å². The van der Waals surface area contributed by atoms with E-state index in [1.807, 2.05) is 19.9 Å². The maximum absolute atomic E-state index is 9.16. The zero-order chi connectivity index (χ0) is 10.3. The molecule has 3 nitrogen and oxygen atoms in total. The van der Waals surface area contributed by atoms with Crippen molar-refractivity contribution in [2.45, 2.75) is 32.5 Å². The molecular weight excluding hydrogens is 178 g/mol. The summed E-state index contributed by atoms with van der Waals surface area (Å²) in [6, 6.07) is 3.68. The van der Waals surface area contributed by atoms with Gasteiger partial charge in [-0.1, -0.05) is 0 Å². The summed E-state index contributed by atoms with van der Waals surface area (Å²) in [5.74, 6) is 0.812. The van der Waals surface area contributed by atoms with Crippen molar-refractivity contribution in [1.82, 2.24) is 0 Å². The van der Waals surface area contributed by atoms with Crippen LogP contribution in [0.25, 0.3) is 0 Å². The van der Waals surface area contributed by atoms with Gasteiger partial charge in [0.2, 0.25) is 0 Å². The molecule has 0 saturated carbocycles. The van der Waals surface area contributed by atoms with Gasteiger partial charge in [0.1, 0.15) is 11.4 Å². The first-order valence-electron chi connectivity index (χ1n) is 4.73. The van der Waals surface area contributed by atoms with E-state index in [4.69, 9.17) is 15.6 Å². The summed E-state index contributed by atoms with van der Waals surface area (Å²) in [6.45, 7) is 4.04. The van der Waals surface area contributed by atoms with Gasteiger partial charge in [-0.15, -0.1) is 0 Å². The van der Waals surface area contributed by atoms with Crippen LogP contribution < -0.4 is 10.5 Å². The van der Waals surface area contributed by atoms with Gasteiger partial charge in [-0.3, -0.25) is 0 Å². The number of anilines is 1. The number of benzene rings is 1. The molecular formula is C11H15NO2. The van der Waals surface area contributed by atoms with Gasteiger partial charge in [0.25, 0.3) is 0 Å². The van der Waals surface area contributed by atoms with Gasteiger partial charge >= 0.3 is 0 Å². The average molecular weight is 193 g/mol. The topological polar surface area (TPSA) is 55.5 Å². The van der Waals surface area contributed by atoms with Crippen LogP contribution in [0.15, 0.2) is 12.1 Å². The Morgan fingerprint density at radius 2 is 2.21 bits per heavy atom. The molecule has 1 aliphatic rings. The fourth-order valence-electron chi connectivity index (χ4n) is 1.93. The van der Waals surface area contributed by atoms with Crippen LogP contribution in [0.1, 0.15) is 25.0 Å². The Hall–Kier alpha value is -1.22. The molecule has 0 saturated heterocycles. The van der Waals surface area contributed by atoms with Gasteiger partial charge in [-0.05, 0) is 26.0 Å². The Labute approximate surface area is 83.5 Å². The summed E-state index contributed by atoms with van der Waals surface area (Å²) in [6.07, 6.45) is 0.848. The third-order valence-corrected chi connectivity index (χ3v) is 2.43. The van der Waals surface area contributed by atoms with E-state index in [2.05, 4.69) is 0 Å². The second-order valence-corrected chi connectivity index (χ2v) is 4.36. The minimum absolute atomic E-state index is 0.0244. The largest absolute Gasteiger partial charge is 0.487 e. The van der Waals surface area contributed by atoms with Crippen molar-refractivity contribution in [3.8, 4) is 5.75 Å². The Morgan fingerprint density at radius 1 is 1.50 bits per heavy atom. The van der Waals surface area contributed by atoms with E-state index in [-0.39, 0.29) is 12.2 Å². The molecule has 0 aliphatic carbocycles. The maximum atomic E-state index is 9.16. The smallest absolute Gasteiger partial charge is 0.129 e.